The molecule has 0 spiro atoms. The summed E-state index contributed by atoms with van der Waals surface area (Å²) in [7, 11) is 0. The Labute approximate surface area is 199 Å². The summed E-state index contributed by atoms with van der Waals surface area (Å²) >= 11 is 3.12. The number of para-hydroxylation sites is 1. The molecule has 166 valence electrons. The molecule has 2 aromatic carbocycles. The Morgan fingerprint density at radius 2 is 1.88 bits per heavy atom. The highest BCUT2D eigenvalue weighted by atomic mass is 32.2. The van der Waals surface area contributed by atoms with E-state index in [2.05, 4.69) is 27.3 Å². The molecule has 6 nitrogen and oxygen atoms in total. The molecule has 0 bridgehead atoms. The minimum absolute atomic E-state index is 0.416. The third-order valence-electron chi connectivity index (χ3n) is 5.12. The van der Waals surface area contributed by atoms with Crippen LogP contribution in [0.5, 0.6) is 0 Å². The number of benzene rings is 2. The van der Waals surface area contributed by atoms with E-state index in [0.717, 1.165) is 47.8 Å². The van der Waals surface area contributed by atoms with Gasteiger partial charge in [0.05, 0.1) is 11.0 Å². The molecule has 0 radical (unpaired) electrons. The molecule has 33 heavy (non-hydrogen) atoms. The lowest BCUT2D eigenvalue weighted by molar-refractivity contribution is 0.0544. The van der Waals surface area contributed by atoms with Gasteiger partial charge in [-0.1, -0.05) is 41.3 Å². The molecular weight excluding hydrogens is 452 g/mol. The van der Waals surface area contributed by atoms with E-state index in [1.165, 1.54) is 0 Å². The smallest absolute Gasteiger partial charge is 0.419 e. The zero-order chi connectivity index (χ0) is 23.2. The number of rotatable bonds is 3. The highest BCUT2D eigenvalue weighted by molar-refractivity contribution is 8.00. The van der Waals surface area contributed by atoms with E-state index in [4.69, 9.17) is 4.74 Å². The number of aromatic nitrogens is 4. The summed E-state index contributed by atoms with van der Waals surface area (Å²) in [5.74, 6) is 0. The van der Waals surface area contributed by atoms with Gasteiger partial charge in [-0.25, -0.2) is 4.79 Å². The van der Waals surface area contributed by atoms with Crippen molar-refractivity contribution in [2.75, 3.05) is 6.26 Å². The van der Waals surface area contributed by atoms with Crippen LogP contribution in [0.2, 0.25) is 0 Å². The minimum atomic E-state index is -0.598. The maximum Gasteiger partial charge on any atom is 0.419 e. The van der Waals surface area contributed by atoms with Crippen LogP contribution < -0.4 is 0 Å². The monoisotopic (exact) mass is 474 g/mol. The predicted molar refractivity (Wildman–Crippen MR) is 135 cm³/mol. The largest absolute Gasteiger partial charge is 0.443 e. The van der Waals surface area contributed by atoms with Crippen LogP contribution in [0.3, 0.4) is 0 Å². The maximum atomic E-state index is 13.0. The summed E-state index contributed by atoms with van der Waals surface area (Å²) in [5.41, 5.74) is 3.89. The van der Waals surface area contributed by atoms with Crippen LogP contribution in [0, 0.1) is 0 Å². The molecular formula is C25H22N4O2S2. The molecule has 3 heterocycles. The molecule has 5 rings (SSSR count). The van der Waals surface area contributed by atoms with Gasteiger partial charge < -0.3 is 4.74 Å². The van der Waals surface area contributed by atoms with E-state index in [9.17, 15) is 4.79 Å². The van der Waals surface area contributed by atoms with Gasteiger partial charge in [0.25, 0.3) is 0 Å². The normalized spacial score (nSPS) is 11.9. The van der Waals surface area contributed by atoms with E-state index in [0.29, 0.717) is 0 Å². The van der Waals surface area contributed by atoms with Crippen molar-refractivity contribution < 1.29 is 9.53 Å². The van der Waals surface area contributed by atoms with Crippen LogP contribution in [0.25, 0.3) is 43.5 Å². The van der Waals surface area contributed by atoms with E-state index in [1.54, 1.807) is 27.7 Å². The standard InChI is InChI=1S/C25H22N4O2S2/c1-25(2,3)31-24(30)29-14-19(17-11-15-7-5-6-8-20(15)26-13-17)18-12-16(9-10-21(18)29)22-27-28-23(32-4)33-22/h5-14H,1-4H3. The number of ether oxygens (including phenoxy) is 1. The SMILES string of the molecule is CSc1nnc(-c2ccc3c(c2)c(-c2cnc4ccccc4c2)cn3C(=O)OC(C)(C)C)s1. The molecule has 3 aromatic heterocycles. The quantitative estimate of drug-likeness (QED) is 0.266. The molecule has 8 heteroatoms. The predicted octanol–water partition coefficient (Wildman–Crippen LogP) is 6.88. The average Bonchev–Trinajstić information content (AvgIpc) is 3.42. The van der Waals surface area contributed by atoms with Crippen LogP contribution in [-0.2, 0) is 4.74 Å². The Kier molecular flexibility index (Phi) is 5.42. The second kappa shape index (κ2) is 8.28. The second-order valence-corrected chi connectivity index (χ2v) is 10.6. The van der Waals surface area contributed by atoms with Gasteiger partial charge in [0.1, 0.15) is 10.6 Å². The van der Waals surface area contributed by atoms with Gasteiger partial charge in [-0.15, -0.1) is 10.2 Å². The fraction of sp³-hybridized carbons (Fsp3) is 0.200. The van der Waals surface area contributed by atoms with E-state index in [1.807, 2.05) is 75.8 Å². The first-order valence-corrected chi connectivity index (χ1v) is 12.5. The van der Waals surface area contributed by atoms with Crippen LogP contribution in [0.1, 0.15) is 20.8 Å². The van der Waals surface area contributed by atoms with Gasteiger partial charge in [0.15, 0.2) is 4.34 Å². The molecule has 0 amide bonds. The fourth-order valence-corrected chi connectivity index (χ4v) is 4.95. The Hall–Kier alpha value is -3.23. The van der Waals surface area contributed by atoms with Crippen molar-refractivity contribution in [3.8, 4) is 21.7 Å². The summed E-state index contributed by atoms with van der Waals surface area (Å²) in [6, 6.07) is 16.1. The summed E-state index contributed by atoms with van der Waals surface area (Å²) in [5, 5.41) is 11.4. The zero-order valence-electron chi connectivity index (χ0n) is 18.7. The molecule has 0 N–H and O–H groups in total. The number of carbonyl (C=O) groups is 1. The minimum Gasteiger partial charge on any atom is -0.443 e. The van der Waals surface area contributed by atoms with Crippen molar-refractivity contribution in [1.29, 1.82) is 0 Å². The van der Waals surface area contributed by atoms with Gasteiger partial charge in [0, 0.05) is 39.9 Å². The first-order chi connectivity index (χ1) is 15.8. The van der Waals surface area contributed by atoms with Gasteiger partial charge in [-0.05, 0) is 57.4 Å². The molecule has 0 unspecified atom stereocenters. The van der Waals surface area contributed by atoms with E-state index in [-0.39, 0.29) is 0 Å². The van der Waals surface area contributed by atoms with Crippen LogP contribution in [-0.4, -0.2) is 37.7 Å². The van der Waals surface area contributed by atoms with Gasteiger partial charge >= 0.3 is 6.09 Å². The Balaban J connectivity index is 1.71. The van der Waals surface area contributed by atoms with Crippen LogP contribution >= 0.6 is 23.1 Å². The highest BCUT2D eigenvalue weighted by Gasteiger charge is 2.22. The van der Waals surface area contributed by atoms with Crippen molar-refractivity contribution in [2.24, 2.45) is 0 Å². The third kappa shape index (κ3) is 4.24. The zero-order valence-corrected chi connectivity index (χ0v) is 20.3. The Bertz CT molecular complexity index is 1500. The first-order valence-electron chi connectivity index (χ1n) is 10.4. The number of fused-ring (bicyclic) bond motifs is 2. The summed E-state index contributed by atoms with van der Waals surface area (Å²) in [6.45, 7) is 5.59. The van der Waals surface area contributed by atoms with E-state index < -0.39 is 11.7 Å². The van der Waals surface area contributed by atoms with E-state index >= 15 is 0 Å². The highest BCUT2D eigenvalue weighted by Crippen LogP contribution is 2.36. The molecule has 0 fully saturated rings. The molecule has 0 saturated carbocycles. The number of hydrogen-bond donors (Lipinski definition) is 0. The lowest BCUT2D eigenvalue weighted by Gasteiger charge is -2.19. The van der Waals surface area contributed by atoms with Crippen molar-refractivity contribution in [2.45, 2.75) is 30.7 Å². The summed E-state index contributed by atoms with van der Waals surface area (Å²) < 4.78 is 8.15. The van der Waals surface area contributed by atoms with Gasteiger partial charge in [-0.2, -0.15) is 0 Å². The average molecular weight is 475 g/mol. The first kappa shape index (κ1) is 21.6. The van der Waals surface area contributed by atoms with Crippen molar-refractivity contribution in [3.63, 3.8) is 0 Å². The molecule has 0 atom stereocenters. The van der Waals surface area contributed by atoms with Crippen molar-refractivity contribution in [3.05, 3.63) is 60.9 Å². The number of hydrogen-bond acceptors (Lipinski definition) is 7. The molecule has 0 saturated heterocycles. The molecule has 0 aliphatic carbocycles. The molecule has 0 aliphatic rings. The third-order valence-corrected chi connectivity index (χ3v) is 7.07. The lowest BCUT2D eigenvalue weighted by atomic mass is 10.0. The van der Waals surface area contributed by atoms with Gasteiger partial charge in [-0.3, -0.25) is 9.55 Å². The Morgan fingerprint density at radius 1 is 1.06 bits per heavy atom. The fourth-order valence-electron chi connectivity index (χ4n) is 3.68. The second-order valence-electron chi connectivity index (χ2n) is 8.62. The molecule has 5 aromatic rings. The number of nitrogens with zero attached hydrogens (tertiary/aromatic N) is 4. The van der Waals surface area contributed by atoms with Crippen molar-refractivity contribution >= 4 is 51.0 Å². The van der Waals surface area contributed by atoms with Crippen molar-refractivity contribution in [1.82, 2.24) is 19.7 Å². The lowest BCUT2D eigenvalue weighted by Crippen LogP contribution is -2.26. The topological polar surface area (TPSA) is 69.9 Å². The number of thioether (sulfide) groups is 1. The Morgan fingerprint density at radius 3 is 2.64 bits per heavy atom. The van der Waals surface area contributed by atoms with Crippen LogP contribution in [0.4, 0.5) is 4.79 Å². The summed E-state index contributed by atoms with van der Waals surface area (Å²) in [4.78, 5) is 17.7. The number of carbonyl (C=O) groups excluding carboxylic acids is 1. The van der Waals surface area contributed by atoms with Gasteiger partial charge in [0.2, 0.25) is 0 Å². The number of pyridine rings is 1. The molecule has 0 aliphatic heterocycles. The van der Waals surface area contributed by atoms with Crippen LogP contribution in [0.15, 0.2) is 65.3 Å². The summed E-state index contributed by atoms with van der Waals surface area (Å²) in [6.07, 6.45) is 5.25. The maximum absolute atomic E-state index is 13.0.